The Morgan fingerprint density at radius 3 is 2.80 bits per heavy atom. The summed E-state index contributed by atoms with van der Waals surface area (Å²) in [6, 6.07) is 10.2. The molecule has 5 nitrogen and oxygen atoms in total. The van der Waals surface area contributed by atoms with Gasteiger partial charge in [-0.15, -0.1) is 0 Å². The molecule has 0 bridgehead atoms. The maximum absolute atomic E-state index is 11.7. The second-order valence-corrected chi connectivity index (χ2v) is 5.78. The number of nitrogens with one attached hydrogen (secondary N) is 1. The Hall–Kier alpha value is -1.99. The number of carbonyl (C=O) groups is 1. The first kappa shape index (κ1) is 14.4. The Bertz CT molecular complexity index is 682. The number of nitro groups is 1. The maximum atomic E-state index is 11.7. The van der Waals surface area contributed by atoms with Gasteiger partial charge in [0.05, 0.1) is 4.92 Å². The Kier molecular flexibility index (Phi) is 4.65. The Morgan fingerprint density at radius 2 is 2.15 bits per heavy atom. The fraction of sp³-hybridized carbons (Fsp3) is 0. The monoisotopic (exact) mass is 352 g/mol. The van der Waals surface area contributed by atoms with Crippen LogP contribution in [0.1, 0.15) is 4.88 Å². The molecule has 0 saturated carbocycles. The topological polar surface area (TPSA) is 72.2 Å². The van der Waals surface area contributed by atoms with E-state index in [2.05, 4.69) is 21.2 Å². The standard InChI is InChI=1S/C13H9BrN2O3S/c14-9-2-1-3-10(8-9)15-12(17)6-4-11-5-7-13(20-11)16(18)19/h1-8H,(H,15,17). The van der Waals surface area contributed by atoms with Crippen molar-refractivity contribution in [2.45, 2.75) is 0 Å². The summed E-state index contributed by atoms with van der Waals surface area (Å²) in [6.07, 6.45) is 2.89. The van der Waals surface area contributed by atoms with E-state index in [9.17, 15) is 14.9 Å². The summed E-state index contributed by atoms with van der Waals surface area (Å²) in [6.45, 7) is 0. The van der Waals surface area contributed by atoms with Crippen LogP contribution in [0, 0.1) is 10.1 Å². The van der Waals surface area contributed by atoms with Crippen LogP contribution in [0.2, 0.25) is 0 Å². The molecule has 1 heterocycles. The van der Waals surface area contributed by atoms with Crippen molar-refractivity contribution in [2.24, 2.45) is 0 Å². The van der Waals surface area contributed by atoms with Gasteiger partial charge in [-0.25, -0.2) is 0 Å². The minimum absolute atomic E-state index is 0.0528. The molecule has 0 aliphatic carbocycles. The lowest BCUT2D eigenvalue weighted by molar-refractivity contribution is -0.380. The molecule has 0 atom stereocenters. The van der Waals surface area contributed by atoms with Crippen LogP contribution in [0.25, 0.3) is 6.08 Å². The molecule has 1 amide bonds. The summed E-state index contributed by atoms with van der Waals surface area (Å²) >= 11 is 4.33. The van der Waals surface area contributed by atoms with Gasteiger partial charge in [0, 0.05) is 27.2 Å². The second-order valence-electron chi connectivity index (χ2n) is 3.77. The number of thiophene rings is 1. The van der Waals surface area contributed by atoms with Crippen LogP contribution in [0.3, 0.4) is 0 Å². The maximum Gasteiger partial charge on any atom is 0.324 e. The van der Waals surface area contributed by atoms with Gasteiger partial charge in [-0.2, -0.15) is 0 Å². The first-order valence-corrected chi connectivity index (χ1v) is 7.14. The quantitative estimate of drug-likeness (QED) is 0.512. The highest BCUT2D eigenvalue weighted by molar-refractivity contribution is 9.10. The van der Waals surface area contributed by atoms with Gasteiger partial charge in [-0.05, 0) is 30.3 Å². The minimum atomic E-state index is -0.455. The van der Waals surface area contributed by atoms with Gasteiger partial charge in [0.2, 0.25) is 5.91 Å². The van der Waals surface area contributed by atoms with E-state index in [1.54, 1.807) is 24.3 Å². The second kappa shape index (κ2) is 6.44. The molecule has 20 heavy (non-hydrogen) atoms. The highest BCUT2D eigenvalue weighted by Gasteiger charge is 2.07. The van der Waals surface area contributed by atoms with Crippen molar-refractivity contribution < 1.29 is 9.72 Å². The molecule has 0 radical (unpaired) electrons. The van der Waals surface area contributed by atoms with Gasteiger partial charge < -0.3 is 5.32 Å². The van der Waals surface area contributed by atoms with E-state index in [0.29, 0.717) is 10.6 Å². The largest absolute Gasteiger partial charge is 0.324 e. The molecular weight excluding hydrogens is 344 g/mol. The zero-order valence-corrected chi connectivity index (χ0v) is 12.5. The van der Waals surface area contributed by atoms with Gasteiger partial charge in [-0.1, -0.05) is 33.3 Å². The third kappa shape index (κ3) is 4.01. The zero-order valence-electron chi connectivity index (χ0n) is 10.1. The van der Waals surface area contributed by atoms with Crippen molar-refractivity contribution in [1.29, 1.82) is 0 Å². The third-order valence-electron chi connectivity index (χ3n) is 2.28. The number of anilines is 1. The average Bonchev–Trinajstić information content (AvgIpc) is 2.85. The summed E-state index contributed by atoms with van der Waals surface area (Å²) in [5.41, 5.74) is 0.672. The first-order valence-electron chi connectivity index (χ1n) is 5.53. The smallest absolute Gasteiger partial charge is 0.322 e. The fourth-order valence-corrected chi connectivity index (χ4v) is 2.56. The van der Waals surface area contributed by atoms with Crippen molar-refractivity contribution in [1.82, 2.24) is 0 Å². The van der Waals surface area contributed by atoms with Gasteiger partial charge in [0.25, 0.3) is 0 Å². The van der Waals surface area contributed by atoms with Crippen LogP contribution in [0.5, 0.6) is 0 Å². The van der Waals surface area contributed by atoms with Crippen LogP contribution >= 0.6 is 27.3 Å². The molecule has 0 unspecified atom stereocenters. The fourth-order valence-electron chi connectivity index (χ4n) is 1.44. The van der Waals surface area contributed by atoms with Gasteiger partial charge in [0.15, 0.2) is 0 Å². The minimum Gasteiger partial charge on any atom is -0.322 e. The lowest BCUT2D eigenvalue weighted by Gasteiger charge is -2.01. The number of halogens is 1. The van der Waals surface area contributed by atoms with Gasteiger partial charge in [0.1, 0.15) is 0 Å². The van der Waals surface area contributed by atoms with Crippen molar-refractivity contribution in [3.63, 3.8) is 0 Å². The number of nitrogens with zero attached hydrogens (tertiary/aromatic N) is 1. The summed E-state index contributed by atoms with van der Waals surface area (Å²) in [5, 5.41) is 13.3. The molecule has 0 fully saturated rings. The Morgan fingerprint density at radius 1 is 1.35 bits per heavy atom. The molecule has 0 aliphatic heterocycles. The van der Waals surface area contributed by atoms with Crippen LogP contribution in [0.15, 0.2) is 46.9 Å². The van der Waals surface area contributed by atoms with Gasteiger partial charge >= 0.3 is 5.00 Å². The first-order chi connectivity index (χ1) is 9.54. The van der Waals surface area contributed by atoms with Crippen molar-refractivity contribution in [3.05, 3.63) is 61.9 Å². The average molecular weight is 353 g/mol. The number of hydrogen-bond acceptors (Lipinski definition) is 4. The van der Waals surface area contributed by atoms with E-state index in [-0.39, 0.29) is 10.9 Å². The van der Waals surface area contributed by atoms with E-state index < -0.39 is 4.92 Å². The molecule has 2 rings (SSSR count). The van der Waals surface area contributed by atoms with E-state index in [0.717, 1.165) is 15.8 Å². The van der Waals surface area contributed by atoms with Crippen LogP contribution in [-0.2, 0) is 4.79 Å². The number of benzene rings is 1. The predicted octanol–water partition coefficient (Wildman–Crippen LogP) is 4.07. The summed E-state index contributed by atoms with van der Waals surface area (Å²) in [5.74, 6) is -0.292. The molecule has 7 heteroatoms. The summed E-state index contributed by atoms with van der Waals surface area (Å²) in [4.78, 5) is 22.4. The van der Waals surface area contributed by atoms with Crippen molar-refractivity contribution in [2.75, 3.05) is 5.32 Å². The predicted molar refractivity (Wildman–Crippen MR) is 82.8 cm³/mol. The molecule has 0 saturated heterocycles. The van der Waals surface area contributed by atoms with E-state index in [1.807, 2.05) is 12.1 Å². The van der Waals surface area contributed by atoms with Gasteiger partial charge in [-0.3, -0.25) is 14.9 Å². The molecule has 1 N–H and O–H groups in total. The molecule has 102 valence electrons. The van der Waals surface area contributed by atoms with Crippen LogP contribution in [0.4, 0.5) is 10.7 Å². The highest BCUT2D eigenvalue weighted by atomic mass is 79.9. The number of hydrogen-bond donors (Lipinski definition) is 1. The number of amides is 1. The lowest BCUT2D eigenvalue weighted by Crippen LogP contribution is -2.07. The molecular formula is C13H9BrN2O3S. The summed E-state index contributed by atoms with van der Waals surface area (Å²) < 4.78 is 0.869. The van der Waals surface area contributed by atoms with E-state index in [1.165, 1.54) is 12.1 Å². The molecule has 0 spiro atoms. The molecule has 2 aromatic rings. The highest BCUT2D eigenvalue weighted by Crippen LogP contribution is 2.24. The number of rotatable bonds is 4. The lowest BCUT2D eigenvalue weighted by atomic mass is 10.3. The third-order valence-corrected chi connectivity index (χ3v) is 3.78. The van der Waals surface area contributed by atoms with Crippen molar-refractivity contribution >= 4 is 49.9 Å². The Labute approximate surface area is 127 Å². The van der Waals surface area contributed by atoms with Crippen LogP contribution in [-0.4, -0.2) is 10.8 Å². The number of carbonyl (C=O) groups excluding carboxylic acids is 1. The van der Waals surface area contributed by atoms with E-state index >= 15 is 0 Å². The van der Waals surface area contributed by atoms with Crippen molar-refractivity contribution in [3.8, 4) is 0 Å². The van der Waals surface area contributed by atoms with Crippen LogP contribution < -0.4 is 5.32 Å². The SMILES string of the molecule is O=C(C=Cc1ccc([N+](=O)[O-])s1)Nc1cccc(Br)c1. The van der Waals surface area contributed by atoms with E-state index in [4.69, 9.17) is 0 Å². The zero-order chi connectivity index (χ0) is 14.5. The molecule has 0 aliphatic rings. The Balaban J connectivity index is 2.00. The molecule has 1 aromatic heterocycles. The molecule has 1 aromatic carbocycles. The normalized spacial score (nSPS) is 10.7. The summed E-state index contributed by atoms with van der Waals surface area (Å²) in [7, 11) is 0.